The first kappa shape index (κ1) is 11.4. The second kappa shape index (κ2) is 5.30. The summed E-state index contributed by atoms with van der Waals surface area (Å²) in [7, 11) is 0. The molecule has 1 aromatic rings. The van der Waals surface area contributed by atoms with Crippen LogP contribution in [0.4, 0.5) is 0 Å². The van der Waals surface area contributed by atoms with Crippen molar-refractivity contribution in [3.05, 3.63) is 33.3 Å². The average Bonchev–Trinajstić information content (AvgIpc) is 2.25. The summed E-state index contributed by atoms with van der Waals surface area (Å²) in [4.78, 5) is 0. The van der Waals surface area contributed by atoms with Crippen molar-refractivity contribution < 1.29 is 4.74 Å². The van der Waals surface area contributed by atoms with Crippen LogP contribution in [0.1, 0.15) is 5.56 Å². The van der Waals surface area contributed by atoms with Gasteiger partial charge in [0.2, 0.25) is 0 Å². The number of ether oxygens (including phenoxy) is 1. The van der Waals surface area contributed by atoms with Crippen LogP contribution in [0.15, 0.2) is 22.7 Å². The van der Waals surface area contributed by atoms with E-state index >= 15 is 0 Å². The highest BCUT2D eigenvalue weighted by Gasteiger charge is 2.13. The molecule has 0 aromatic heterocycles. The summed E-state index contributed by atoms with van der Waals surface area (Å²) in [5.74, 6) is 0. The van der Waals surface area contributed by atoms with E-state index in [1.54, 1.807) is 0 Å². The van der Waals surface area contributed by atoms with Crippen molar-refractivity contribution in [2.24, 2.45) is 0 Å². The molecule has 2 rings (SSSR count). The summed E-state index contributed by atoms with van der Waals surface area (Å²) in [6, 6.07) is 6.47. The summed E-state index contributed by atoms with van der Waals surface area (Å²) in [6.45, 7) is 2.56. The molecule has 4 heteroatoms. The molecule has 1 saturated heterocycles. The smallest absolute Gasteiger partial charge is 0.0623 e. The van der Waals surface area contributed by atoms with E-state index in [4.69, 9.17) is 16.3 Å². The quantitative estimate of drug-likeness (QED) is 0.904. The monoisotopic (exact) mass is 289 g/mol. The van der Waals surface area contributed by atoms with Crippen LogP contribution in [0.25, 0.3) is 0 Å². The molecule has 82 valence electrons. The van der Waals surface area contributed by atoms with Gasteiger partial charge in [0.25, 0.3) is 0 Å². The fourth-order valence-electron chi connectivity index (χ4n) is 1.70. The summed E-state index contributed by atoms with van der Waals surface area (Å²) >= 11 is 9.36. The third-order valence-electron chi connectivity index (χ3n) is 2.46. The predicted octanol–water partition coefficient (Wildman–Crippen LogP) is 2.63. The van der Waals surface area contributed by atoms with Gasteiger partial charge in [-0.25, -0.2) is 0 Å². The highest BCUT2D eigenvalue weighted by molar-refractivity contribution is 9.10. The molecule has 0 aliphatic carbocycles. The van der Waals surface area contributed by atoms with E-state index in [1.807, 2.05) is 6.07 Å². The molecule has 0 spiro atoms. The van der Waals surface area contributed by atoms with Crippen molar-refractivity contribution >= 4 is 27.5 Å². The first-order chi connectivity index (χ1) is 7.25. The van der Waals surface area contributed by atoms with E-state index in [1.165, 1.54) is 5.56 Å². The maximum absolute atomic E-state index is 5.94. The molecular weight excluding hydrogens is 277 g/mol. The van der Waals surface area contributed by atoms with Crippen molar-refractivity contribution in [1.29, 1.82) is 0 Å². The number of hydrogen-bond acceptors (Lipinski definition) is 2. The summed E-state index contributed by atoms with van der Waals surface area (Å²) in [6.07, 6.45) is 0.982. The minimum Gasteiger partial charge on any atom is -0.379 e. The molecule has 0 radical (unpaired) electrons. The zero-order valence-corrected chi connectivity index (χ0v) is 10.6. The second-order valence-corrected chi connectivity index (χ2v) is 4.94. The molecule has 1 aromatic carbocycles. The molecule has 1 unspecified atom stereocenters. The first-order valence-corrected chi connectivity index (χ1v) is 6.18. The molecule has 15 heavy (non-hydrogen) atoms. The van der Waals surface area contributed by atoms with Crippen molar-refractivity contribution in [2.75, 3.05) is 19.8 Å². The third kappa shape index (κ3) is 3.18. The fourth-order valence-corrected chi connectivity index (χ4v) is 2.25. The van der Waals surface area contributed by atoms with Gasteiger partial charge in [0, 0.05) is 17.1 Å². The number of rotatable bonds is 2. The Morgan fingerprint density at radius 1 is 1.53 bits per heavy atom. The molecule has 2 nitrogen and oxygen atoms in total. The molecule has 1 aliphatic heterocycles. The van der Waals surface area contributed by atoms with Crippen molar-refractivity contribution in [3.8, 4) is 0 Å². The van der Waals surface area contributed by atoms with Crippen molar-refractivity contribution in [2.45, 2.75) is 12.5 Å². The van der Waals surface area contributed by atoms with Gasteiger partial charge in [-0.15, -0.1) is 0 Å². The van der Waals surface area contributed by atoms with Gasteiger partial charge in [-0.3, -0.25) is 0 Å². The molecule has 1 N–H and O–H groups in total. The molecule has 1 heterocycles. The van der Waals surface area contributed by atoms with Crippen LogP contribution in [0.5, 0.6) is 0 Å². The molecule has 1 fully saturated rings. The normalized spacial score (nSPS) is 21.6. The minimum absolute atomic E-state index is 0.423. The Morgan fingerprint density at radius 3 is 3.07 bits per heavy atom. The maximum atomic E-state index is 5.94. The van der Waals surface area contributed by atoms with Crippen molar-refractivity contribution in [1.82, 2.24) is 5.32 Å². The van der Waals surface area contributed by atoms with Gasteiger partial charge in [0.1, 0.15) is 0 Å². The lowest BCUT2D eigenvalue weighted by Gasteiger charge is -2.23. The van der Waals surface area contributed by atoms with Crippen LogP contribution in [-0.2, 0) is 11.2 Å². The average molecular weight is 291 g/mol. The Hall–Kier alpha value is -0.0900. The maximum Gasteiger partial charge on any atom is 0.0623 e. The number of nitrogens with one attached hydrogen (secondary N) is 1. The van der Waals surface area contributed by atoms with Gasteiger partial charge in [0.15, 0.2) is 0 Å². The van der Waals surface area contributed by atoms with E-state index in [2.05, 4.69) is 33.4 Å². The van der Waals surface area contributed by atoms with Gasteiger partial charge in [-0.05, 0) is 40.0 Å². The van der Waals surface area contributed by atoms with Crippen LogP contribution in [-0.4, -0.2) is 25.8 Å². The number of hydrogen-bond donors (Lipinski definition) is 1. The molecule has 1 atom stereocenters. The Kier molecular flexibility index (Phi) is 4.03. The molecule has 1 aliphatic rings. The number of benzene rings is 1. The van der Waals surface area contributed by atoms with Gasteiger partial charge in [-0.2, -0.15) is 0 Å². The first-order valence-electron chi connectivity index (χ1n) is 5.01. The Bertz CT molecular complexity index is 339. The Balaban J connectivity index is 2.00. The van der Waals surface area contributed by atoms with Crippen LogP contribution in [0, 0.1) is 0 Å². The number of morpholine rings is 1. The van der Waals surface area contributed by atoms with E-state index in [-0.39, 0.29) is 0 Å². The Labute approximate surface area is 103 Å². The van der Waals surface area contributed by atoms with Gasteiger partial charge >= 0.3 is 0 Å². The minimum atomic E-state index is 0.423. The fraction of sp³-hybridized carbons (Fsp3) is 0.455. The lowest BCUT2D eigenvalue weighted by molar-refractivity contribution is 0.0770. The standard InChI is InChI=1S/C11H13BrClNO/c12-10-6-8(1-2-11(10)13)5-9-7-15-4-3-14-9/h1-2,6,9,14H,3-5,7H2. The van der Waals surface area contributed by atoms with Crippen molar-refractivity contribution in [3.63, 3.8) is 0 Å². The van der Waals surface area contributed by atoms with Crippen LogP contribution in [0.2, 0.25) is 5.02 Å². The largest absolute Gasteiger partial charge is 0.379 e. The SMILES string of the molecule is Clc1ccc(CC2COCCN2)cc1Br. The van der Waals surface area contributed by atoms with Crippen LogP contribution in [0.3, 0.4) is 0 Å². The zero-order valence-electron chi connectivity index (χ0n) is 8.30. The number of halogens is 2. The topological polar surface area (TPSA) is 21.3 Å². The summed E-state index contributed by atoms with van der Waals surface area (Å²) in [5.41, 5.74) is 1.27. The molecule has 0 saturated carbocycles. The summed E-state index contributed by atoms with van der Waals surface area (Å²) < 4.78 is 6.36. The molecule has 0 amide bonds. The van der Waals surface area contributed by atoms with E-state index in [9.17, 15) is 0 Å². The lowest BCUT2D eigenvalue weighted by atomic mass is 10.1. The zero-order chi connectivity index (χ0) is 10.7. The molecular formula is C11H13BrClNO. The van der Waals surface area contributed by atoms with Crippen LogP contribution < -0.4 is 5.32 Å². The van der Waals surface area contributed by atoms with E-state index in [0.29, 0.717) is 6.04 Å². The second-order valence-electron chi connectivity index (χ2n) is 3.68. The Morgan fingerprint density at radius 2 is 2.40 bits per heavy atom. The van der Waals surface area contributed by atoms with Gasteiger partial charge in [-0.1, -0.05) is 17.7 Å². The van der Waals surface area contributed by atoms with E-state index in [0.717, 1.165) is 35.7 Å². The third-order valence-corrected chi connectivity index (χ3v) is 3.68. The van der Waals surface area contributed by atoms with Crippen LogP contribution >= 0.6 is 27.5 Å². The highest BCUT2D eigenvalue weighted by Crippen LogP contribution is 2.23. The highest BCUT2D eigenvalue weighted by atomic mass is 79.9. The van der Waals surface area contributed by atoms with E-state index < -0.39 is 0 Å². The van der Waals surface area contributed by atoms with Gasteiger partial charge < -0.3 is 10.1 Å². The summed E-state index contributed by atoms with van der Waals surface area (Å²) in [5, 5.41) is 4.18. The van der Waals surface area contributed by atoms with Gasteiger partial charge in [0.05, 0.1) is 18.2 Å². The lowest BCUT2D eigenvalue weighted by Crippen LogP contribution is -2.42. The molecule has 0 bridgehead atoms. The predicted molar refractivity (Wildman–Crippen MR) is 65.5 cm³/mol.